The van der Waals surface area contributed by atoms with Crippen molar-refractivity contribution in [2.24, 2.45) is 0 Å². The summed E-state index contributed by atoms with van der Waals surface area (Å²) in [6, 6.07) is 1.75. The SMILES string of the molecule is COc1cnc2ncnc(Cl)c2c1. The van der Waals surface area contributed by atoms with Crippen LogP contribution in [0.1, 0.15) is 0 Å². The number of halogens is 1. The number of nitrogens with zero attached hydrogens (tertiary/aromatic N) is 3. The van der Waals surface area contributed by atoms with Gasteiger partial charge < -0.3 is 4.74 Å². The number of pyridine rings is 1. The average Bonchev–Trinajstić information content (AvgIpc) is 2.18. The Morgan fingerprint density at radius 2 is 2.15 bits per heavy atom. The molecule has 0 bridgehead atoms. The van der Waals surface area contributed by atoms with Crippen LogP contribution in [0.3, 0.4) is 0 Å². The van der Waals surface area contributed by atoms with Gasteiger partial charge in [-0.25, -0.2) is 15.0 Å². The van der Waals surface area contributed by atoms with E-state index in [2.05, 4.69) is 15.0 Å². The van der Waals surface area contributed by atoms with E-state index in [0.29, 0.717) is 21.9 Å². The molecule has 0 aliphatic rings. The number of rotatable bonds is 1. The number of methoxy groups -OCH3 is 1. The molecule has 0 spiro atoms. The Balaban J connectivity index is 2.74. The summed E-state index contributed by atoms with van der Waals surface area (Å²) in [5, 5.41) is 1.08. The minimum atomic E-state index is 0.386. The van der Waals surface area contributed by atoms with Gasteiger partial charge in [-0.2, -0.15) is 0 Å². The monoisotopic (exact) mass is 195 g/mol. The van der Waals surface area contributed by atoms with E-state index in [1.807, 2.05) is 0 Å². The Kier molecular flexibility index (Phi) is 1.98. The topological polar surface area (TPSA) is 47.9 Å². The molecule has 2 aromatic heterocycles. The third-order valence-corrected chi connectivity index (χ3v) is 1.95. The summed E-state index contributed by atoms with van der Waals surface area (Å²) in [6.07, 6.45) is 2.97. The first-order chi connectivity index (χ1) is 6.31. The van der Waals surface area contributed by atoms with Crippen molar-refractivity contribution >= 4 is 22.6 Å². The fourth-order valence-electron chi connectivity index (χ4n) is 1.01. The van der Waals surface area contributed by atoms with Crippen molar-refractivity contribution in [2.45, 2.75) is 0 Å². The first kappa shape index (κ1) is 8.19. The standard InChI is InChI=1S/C8H6ClN3O/c1-13-5-2-6-7(9)11-4-12-8(6)10-3-5/h2-4H,1H3. The number of ether oxygens (including phenoxy) is 1. The first-order valence-electron chi connectivity index (χ1n) is 3.61. The van der Waals surface area contributed by atoms with Crippen LogP contribution in [-0.4, -0.2) is 22.1 Å². The Morgan fingerprint density at radius 3 is 2.92 bits per heavy atom. The van der Waals surface area contributed by atoms with Gasteiger partial charge in [-0.05, 0) is 6.07 Å². The number of fused-ring (bicyclic) bond motifs is 1. The molecule has 0 N–H and O–H groups in total. The predicted octanol–water partition coefficient (Wildman–Crippen LogP) is 1.69. The zero-order chi connectivity index (χ0) is 9.26. The molecule has 0 aliphatic heterocycles. The van der Waals surface area contributed by atoms with Crippen LogP contribution in [0, 0.1) is 0 Å². The molecule has 0 fully saturated rings. The second-order valence-electron chi connectivity index (χ2n) is 2.41. The van der Waals surface area contributed by atoms with E-state index < -0.39 is 0 Å². The molecule has 2 heterocycles. The second-order valence-corrected chi connectivity index (χ2v) is 2.77. The van der Waals surface area contributed by atoms with Gasteiger partial charge in [0.2, 0.25) is 0 Å². The van der Waals surface area contributed by atoms with Crippen molar-refractivity contribution in [3.05, 3.63) is 23.7 Å². The molecule has 2 aromatic rings. The average molecular weight is 196 g/mol. The largest absolute Gasteiger partial charge is 0.495 e. The molecule has 4 nitrogen and oxygen atoms in total. The lowest BCUT2D eigenvalue weighted by Crippen LogP contribution is -1.89. The molecule has 0 radical (unpaired) electrons. The lowest BCUT2D eigenvalue weighted by Gasteiger charge is -2.00. The highest BCUT2D eigenvalue weighted by molar-refractivity contribution is 6.33. The minimum absolute atomic E-state index is 0.386. The minimum Gasteiger partial charge on any atom is -0.495 e. The summed E-state index contributed by atoms with van der Waals surface area (Å²) < 4.78 is 5.00. The summed E-state index contributed by atoms with van der Waals surface area (Å²) in [7, 11) is 1.57. The Bertz CT molecular complexity index is 446. The van der Waals surface area contributed by atoms with Crippen LogP contribution in [0.4, 0.5) is 0 Å². The van der Waals surface area contributed by atoms with Gasteiger partial charge in [0.15, 0.2) is 5.65 Å². The van der Waals surface area contributed by atoms with Gasteiger partial charge >= 0.3 is 0 Å². The number of aromatic nitrogens is 3. The Morgan fingerprint density at radius 1 is 1.31 bits per heavy atom. The lowest BCUT2D eigenvalue weighted by atomic mass is 10.3. The molecule has 0 amide bonds. The van der Waals surface area contributed by atoms with E-state index in [4.69, 9.17) is 16.3 Å². The van der Waals surface area contributed by atoms with E-state index in [1.165, 1.54) is 6.33 Å². The van der Waals surface area contributed by atoms with E-state index in [1.54, 1.807) is 19.4 Å². The highest BCUT2D eigenvalue weighted by atomic mass is 35.5. The van der Waals surface area contributed by atoms with E-state index in [-0.39, 0.29) is 0 Å². The van der Waals surface area contributed by atoms with Crippen molar-refractivity contribution in [1.29, 1.82) is 0 Å². The normalized spacial score (nSPS) is 10.3. The van der Waals surface area contributed by atoms with Gasteiger partial charge in [-0.3, -0.25) is 0 Å². The predicted molar refractivity (Wildman–Crippen MR) is 48.9 cm³/mol. The molecule has 13 heavy (non-hydrogen) atoms. The van der Waals surface area contributed by atoms with Crippen LogP contribution in [0.25, 0.3) is 11.0 Å². The lowest BCUT2D eigenvalue weighted by molar-refractivity contribution is 0.413. The molecule has 5 heteroatoms. The molecule has 2 rings (SSSR count). The molecule has 0 saturated carbocycles. The van der Waals surface area contributed by atoms with Crippen molar-refractivity contribution in [3.8, 4) is 5.75 Å². The third kappa shape index (κ3) is 1.40. The number of hydrogen-bond acceptors (Lipinski definition) is 4. The Hall–Kier alpha value is -1.42. The maximum Gasteiger partial charge on any atom is 0.164 e. The highest BCUT2D eigenvalue weighted by Crippen LogP contribution is 2.21. The smallest absolute Gasteiger partial charge is 0.164 e. The van der Waals surface area contributed by atoms with E-state index in [0.717, 1.165) is 0 Å². The van der Waals surface area contributed by atoms with Gasteiger partial charge in [-0.15, -0.1) is 0 Å². The molecule has 0 atom stereocenters. The second kappa shape index (κ2) is 3.14. The van der Waals surface area contributed by atoms with Gasteiger partial charge in [0, 0.05) is 0 Å². The van der Waals surface area contributed by atoms with Gasteiger partial charge in [0.25, 0.3) is 0 Å². The Labute approximate surface area is 79.6 Å². The molecule has 0 unspecified atom stereocenters. The quantitative estimate of drug-likeness (QED) is 0.650. The zero-order valence-electron chi connectivity index (χ0n) is 6.86. The molecule has 0 saturated heterocycles. The van der Waals surface area contributed by atoms with Crippen LogP contribution < -0.4 is 4.74 Å². The van der Waals surface area contributed by atoms with Crippen LogP contribution in [0.2, 0.25) is 5.15 Å². The molecular weight excluding hydrogens is 190 g/mol. The van der Waals surface area contributed by atoms with Gasteiger partial charge in [-0.1, -0.05) is 11.6 Å². The fraction of sp³-hybridized carbons (Fsp3) is 0.125. The maximum atomic E-state index is 5.84. The molecule has 66 valence electrons. The van der Waals surface area contributed by atoms with E-state index in [9.17, 15) is 0 Å². The summed E-state index contributed by atoms with van der Waals surface area (Å²) in [5.74, 6) is 0.643. The third-order valence-electron chi connectivity index (χ3n) is 1.65. The van der Waals surface area contributed by atoms with Crippen molar-refractivity contribution in [1.82, 2.24) is 15.0 Å². The van der Waals surface area contributed by atoms with Crippen molar-refractivity contribution < 1.29 is 4.74 Å². The van der Waals surface area contributed by atoms with Gasteiger partial charge in [0.05, 0.1) is 18.7 Å². The summed E-state index contributed by atoms with van der Waals surface area (Å²) in [4.78, 5) is 11.8. The summed E-state index contributed by atoms with van der Waals surface area (Å²) in [6.45, 7) is 0. The van der Waals surface area contributed by atoms with Crippen molar-refractivity contribution in [2.75, 3.05) is 7.11 Å². The fourth-order valence-corrected chi connectivity index (χ4v) is 1.19. The highest BCUT2D eigenvalue weighted by Gasteiger charge is 2.03. The van der Waals surface area contributed by atoms with Crippen LogP contribution >= 0.6 is 11.6 Å². The maximum absolute atomic E-state index is 5.84. The van der Waals surface area contributed by atoms with E-state index >= 15 is 0 Å². The van der Waals surface area contributed by atoms with Crippen LogP contribution in [0.15, 0.2) is 18.6 Å². The van der Waals surface area contributed by atoms with Crippen molar-refractivity contribution in [3.63, 3.8) is 0 Å². The molecule has 0 aromatic carbocycles. The number of hydrogen-bond donors (Lipinski definition) is 0. The molecule has 0 aliphatic carbocycles. The van der Waals surface area contributed by atoms with Crippen LogP contribution in [0.5, 0.6) is 5.75 Å². The zero-order valence-corrected chi connectivity index (χ0v) is 7.62. The molecular formula is C8H6ClN3O. The summed E-state index contributed by atoms with van der Waals surface area (Å²) in [5.41, 5.74) is 0.570. The van der Waals surface area contributed by atoms with Gasteiger partial charge in [0.1, 0.15) is 17.2 Å². The van der Waals surface area contributed by atoms with Crippen LogP contribution in [-0.2, 0) is 0 Å². The first-order valence-corrected chi connectivity index (χ1v) is 3.99. The summed E-state index contributed by atoms with van der Waals surface area (Å²) >= 11 is 5.84.